The maximum absolute atomic E-state index is 11.1. The molecule has 0 bridgehead atoms. The second kappa shape index (κ2) is 22.1. The molecular formula is C27H50N3O4. The monoisotopic (exact) mass is 480 g/mol. The third-order valence-corrected chi connectivity index (χ3v) is 6.13. The molecule has 1 atom stereocenters. The molecule has 7 heteroatoms. The van der Waals surface area contributed by atoms with Crippen molar-refractivity contribution in [2.45, 2.75) is 116 Å². The third kappa shape index (κ3) is 17.1. The summed E-state index contributed by atoms with van der Waals surface area (Å²) in [6.07, 6.45) is 23.5. The van der Waals surface area contributed by atoms with Crippen LogP contribution in [0.15, 0.2) is 11.0 Å². The number of rotatable bonds is 24. The van der Waals surface area contributed by atoms with Gasteiger partial charge in [-0.15, -0.1) is 0 Å². The van der Waals surface area contributed by atoms with E-state index in [1.165, 1.54) is 89.7 Å². The van der Waals surface area contributed by atoms with Crippen molar-refractivity contribution in [3.8, 4) is 0 Å². The van der Waals surface area contributed by atoms with E-state index in [4.69, 9.17) is 15.2 Å². The number of hydrogen-bond donors (Lipinski definition) is 3. The van der Waals surface area contributed by atoms with Crippen LogP contribution in [-0.2, 0) is 15.9 Å². The normalized spacial score (nSPS) is 12.3. The summed E-state index contributed by atoms with van der Waals surface area (Å²) in [5, 5.41) is 9.49. The van der Waals surface area contributed by atoms with Crippen LogP contribution in [0.4, 0.5) is 5.82 Å². The van der Waals surface area contributed by atoms with Crippen molar-refractivity contribution in [3.63, 3.8) is 0 Å². The van der Waals surface area contributed by atoms with Gasteiger partial charge in [-0.2, -0.15) is 4.98 Å². The van der Waals surface area contributed by atoms with Gasteiger partial charge in [-0.3, -0.25) is 0 Å². The molecular weight excluding hydrogens is 430 g/mol. The van der Waals surface area contributed by atoms with Gasteiger partial charge in [-0.1, -0.05) is 90.4 Å². The molecule has 0 aliphatic heterocycles. The van der Waals surface area contributed by atoms with Crippen LogP contribution in [0.2, 0.25) is 0 Å². The van der Waals surface area contributed by atoms with Crippen molar-refractivity contribution in [1.82, 2.24) is 9.97 Å². The highest BCUT2D eigenvalue weighted by Crippen LogP contribution is 2.13. The van der Waals surface area contributed by atoms with E-state index in [1.54, 1.807) is 0 Å². The van der Waals surface area contributed by atoms with Gasteiger partial charge in [-0.05, 0) is 19.3 Å². The lowest BCUT2D eigenvalue weighted by atomic mass is 10.0. The molecule has 1 rings (SSSR count). The largest absolute Gasteiger partial charge is 0.394 e. The van der Waals surface area contributed by atoms with Gasteiger partial charge >= 0.3 is 5.69 Å². The molecule has 0 aliphatic carbocycles. The Hall–Kier alpha value is -1.44. The molecule has 197 valence electrons. The summed E-state index contributed by atoms with van der Waals surface area (Å²) in [4.78, 5) is 17.3. The summed E-state index contributed by atoms with van der Waals surface area (Å²) in [6, 6.07) is 0. The summed E-state index contributed by atoms with van der Waals surface area (Å²) in [5.41, 5.74) is 5.92. The summed E-state index contributed by atoms with van der Waals surface area (Å²) < 4.78 is 11.4. The van der Waals surface area contributed by atoms with E-state index in [9.17, 15) is 9.90 Å². The number of H-pyrrole nitrogens is 1. The average Bonchev–Trinajstić information content (AvgIpc) is 2.83. The van der Waals surface area contributed by atoms with Crippen LogP contribution < -0.4 is 11.4 Å². The smallest absolute Gasteiger partial charge is 0.346 e. The van der Waals surface area contributed by atoms with Gasteiger partial charge in [0.05, 0.1) is 19.3 Å². The van der Waals surface area contributed by atoms with Crippen LogP contribution in [0.5, 0.6) is 0 Å². The molecule has 0 saturated heterocycles. The highest BCUT2D eigenvalue weighted by molar-refractivity contribution is 5.36. The first-order valence-corrected chi connectivity index (χ1v) is 13.6. The quantitative estimate of drug-likeness (QED) is 0.172. The lowest BCUT2D eigenvalue weighted by Gasteiger charge is -2.16. The summed E-state index contributed by atoms with van der Waals surface area (Å²) in [5.74, 6) is 0.173. The first-order valence-electron chi connectivity index (χ1n) is 13.6. The number of nitrogens with zero attached hydrogens (tertiary/aromatic N) is 1. The fraction of sp³-hybridized carbons (Fsp3) is 0.815. The number of unbranched alkanes of at least 4 members (excludes halogenated alkanes) is 14. The molecule has 0 amide bonds. The van der Waals surface area contributed by atoms with Crippen LogP contribution in [0, 0.1) is 6.42 Å². The number of aliphatic hydroxyl groups is 1. The Bertz CT molecular complexity index is 639. The number of hydrogen-bond acceptors (Lipinski definition) is 6. The zero-order valence-electron chi connectivity index (χ0n) is 21.6. The first-order chi connectivity index (χ1) is 16.7. The minimum Gasteiger partial charge on any atom is -0.394 e. The summed E-state index contributed by atoms with van der Waals surface area (Å²) >= 11 is 0. The molecule has 0 fully saturated rings. The van der Waals surface area contributed by atoms with E-state index in [2.05, 4.69) is 16.9 Å². The molecule has 0 spiro atoms. The lowest BCUT2D eigenvalue weighted by Crippen LogP contribution is -2.24. The highest BCUT2D eigenvalue weighted by Gasteiger charge is 2.12. The molecule has 34 heavy (non-hydrogen) atoms. The van der Waals surface area contributed by atoms with E-state index >= 15 is 0 Å². The molecule has 0 unspecified atom stereocenters. The van der Waals surface area contributed by atoms with Crippen molar-refractivity contribution in [2.24, 2.45) is 0 Å². The molecule has 1 aromatic heterocycles. The van der Waals surface area contributed by atoms with E-state index in [-0.39, 0.29) is 18.5 Å². The number of nitrogens with two attached hydrogens (primary N) is 1. The Labute approximate surface area is 207 Å². The summed E-state index contributed by atoms with van der Waals surface area (Å²) in [7, 11) is 0. The molecule has 1 aromatic rings. The maximum atomic E-state index is 11.1. The number of aromatic amines is 1. The molecule has 1 radical (unpaired) electrons. The Morgan fingerprint density at radius 2 is 1.56 bits per heavy atom. The van der Waals surface area contributed by atoms with Gasteiger partial charge in [0.1, 0.15) is 5.82 Å². The SMILES string of the molecule is CCCCCCCCCCCCCCCCOCC[CH]CO[C@H](CO)Cc1c[nH]c(=O)nc1N. The number of aliphatic hydroxyl groups excluding tert-OH is 1. The number of aromatic nitrogens is 2. The van der Waals surface area contributed by atoms with Crippen molar-refractivity contribution in [1.29, 1.82) is 0 Å². The topological polar surface area (TPSA) is 110 Å². The van der Waals surface area contributed by atoms with E-state index < -0.39 is 5.69 Å². The number of anilines is 1. The van der Waals surface area contributed by atoms with Crippen molar-refractivity contribution in [2.75, 3.05) is 32.2 Å². The van der Waals surface area contributed by atoms with Crippen molar-refractivity contribution in [3.05, 3.63) is 28.7 Å². The van der Waals surface area contributed by atoms with Gasteiger partial charge in [0, 0.05) is 31.4 Å². The molecule has 4 N–H and O–H groups in total. The van der Waals surface area contributed by atoms with Crippen LogP contribution >= 0.6 is 0 Å². The predicted molar refractivity (Wildman–Crippen MR) is 140 cm³/mol. The fourth-order valence-corrected chi connectivity index (χ4v) is 3.98. The number of nitrogens with one attached hydrogen (secondary N) is 1. The predicted octanol–water partition coefficient (Wildman–Crippen LogP) is 5.36. The molecule has 0 aliphatic rings. The van der Waals surface area contributed by atoms with E-state index in [1.807, 2.05) is 6.42 Å². The molecule has 0 aromatic carbocycles. The van der Waals surface area contributed by atoms with Crippen molar-refractivity contribution >= 4 is 5.82 Å². The lowest BCUT2D eigenvalue weighted by molar-refractivity contribution is 0.0220. The van der Waals surface area contributed by atoms with Crippen LogP contribution in [-0.4, -0.2) is 47.6 Å². The number of ether oxygens (including phenoxy) is 2. The second-order valence-corrected chi connectivity index (χ2v) is 9.24. The first kappa shape index (κ1) is 30.6. The maximum Gasteiger partial charge on any atom is 0.346 e. The van der Waals surface area contributed by atoms with Crippen LogP contribution in [0.25, 0.3) is 0 Å². The van der Waals surface area contributed by atoms with Gasteiger partial charge in [0.2, 0.25) is 0 Å². The van der Waals surface area contributed by atoms with Crippen molar-refractivity contribution < 1.29 is 14.6 Å². The van der Waals surface area contributed by atoms with Gasteiger partial charge in [0.25, 0.3) is 0 Å². The minimum atomic E-state index is -0.481. The van der Waals surface area contributed by atoms with Gasteiger partial charge in [-0.25, -0.2) is 4.79 Å². The summed E-state index contributed by atoms with van der Waals surface area (Å²) in [6.45, 7) is 4.11. The van der Waals surface area contributed by atoms with Crippen LogP contribution in [0.3, 0.4) is 0 Å². The number of nitrogen functional groups attached to an aromatic ring is 1. The fourth-order valence-electron chi connectivity index (χ4n) is 3.98. The average molecular weight is 481 g/mol. The third-order valence-electron chi connectivity index (χ3n) is 6.13. The highest BCUT2D eigenvalue weighted by atomic mass is 16.5. The molecule has 0 saturated carbocycles. The zero-order chi connectivity index (χ0) is 24.7. The van der Waals surface area contributed by atoms with E-state index in [0.29, 0.717) is 25.2 Å². The molecule has 7 nitrogen and oxygen atoms in total. The van der Waals surface area contributed by atoms with Gasteiger partial charge < -0.3 is 25.3 Å². The Balaban J connectivity index is 1.83. The second-order valence-electron chi connectivity index (χ2n) is 9.24. The Kier molecular flexibility index (Phi) is 19.8. The Morgan fingerprint density at radius 1 is 0.971 bits per heavy atom. The minimum absolute atomic E-state index is 0.123. The Morgan fingerprint density at radius 3 is 2.12 bits per heavy atom. The standard InChI is InChI=1S/C27H50N3O4/c1-2-3-4-5-6-7-8-9-10-11-12-13-14-15-18-33-19-16-17-20-34-25(23-31)21-24-22-29-27(32)30-26(24)28/h17,22,25,31H,2-16,18-21,23H2,1H3,(H3,28,29,30,32)/t25-/m0/s1. The van der Waals surface area contributed by atoms with E-state index in [0.717, 1.165) is 19.4 Å². The zero-order valence-corrected chi connectivity index (χ0v) is 21.6. The molecule has 1 heterocycles. The van der Waals surface area contributed by atoms with Gasteiger partial charge in [0.15, 0.2) is 0 Å². The van der Waals surface area contributed by atoms with Crippen LogP contribution in [0.1, 0.15) is 109 Å².